The number of methoxy groups -OCH3 is 1. The molecule has 1 heterocycles. The first-order valence-corrected chi connectivity index (χ1v) is 6.16. The number of nitrogens with one attached hydrogen (secondary N) is 1. The van der Waals surface area contributed by atoms with E-state index in [2.05, 4.69) is 10.4 Å². The minimum absolute atomic E-state index is 0.0105. The van der Waals surface area contributed by atoms with Gasteiger partial charge in [-0.05, 0) is 18.9 Å². The highest BCUT2D eigenvalue weighted by Gasteiger charge is 2.29. The third-order valence-corrected chi connectivity index (χ3v) is 3.05. The Labute approximate surface area is 110 Å². The average Bonchev–Trinajstić information content (AvgIpc) is 2.36. The molecule has 1 aliphatic rings. The summed E-state index contributed by atoms with van der Waals surface area (Å²) >= 11 is 0. The van der Waals surface area contributed by atoms with Crippen molar-refractivity contribution in [1.29, 1.82) is 0 Å². The van der Waals surface area contributed by atoms with Gasteiger partial charge in [0.1, 0.15) is 5.69 Å². The van der Waals surface area contributed by atoms with Crippen molar-refractivity contribution < 1.29 is 14.6 Å². The van der Waals surface area contributed by atoms with Gasteiger partial charge < -0.3 is 15.2 Å². The van der Waals surface area contributed by atoms with Crippen LogP contribution >= 0.6 is 0 Å². The van der Waals surface area contributed by atoms with Gasteiger partial charge in [0.15, 0.2) is 0 Å². The van der Waals surface area contributed by atoms with Crippen molar-refractivity contribution in [2.75, 3.05) is 13.7 Å². The summed E-state index contributed by atoms with van der Waals surface area (Å²) in [5.41, 5.74) is -0.0789. The molecule has 1 aromatic rings. The fraction of sp³-hybridized carbons (Fsp3) is 0.583. The minimum Gasteiger partial charge on any atom is -0.393 e. The first-order chi connectivity index (χ1) is 9.10. The molecule has 1 amide bonds. The molecular formula is C12H17N3O4. The number of amides is 1. The fourth-order valence-corrected chi connectivity index (χ4v) is 1.87. The predicted molar refractivity (Wildman–Crippen MR) is 66.9 cm³/mol. The lowest BCUT2D eigenvalue weighted by atomic mass is 9.89. The summed E-state index contributed by atoms with van der Waals surface area (Å²) in [5.74, 6) is -0.330. The Morgan fingerprint density at radius 3 is 2.95 bits per heavy atom. The summed E-state index contributed by atoms with van der Waals surface area (Å²) in [7, 11) is 1.53. The van der Waals surface area contributed by atoms with Crippen molar-refractivity contribution in [3.8, 4) is 0 Å². The van der Waals surface area contributed by atoms with Crippen molar-refractivity contribution in [3.63, 3.8) is 0 Å². The molecule has 1 aromatic heterocycles. The maximum absolute atomic E-state index is 11.9. The molecule has 2 N–H and O–H groups in total. The van der Waals surface area contributed by atoms with Crippen LogP contribution in [0.2, 0.25) is 0 Å². The number of aromatic nitrogens is 2. The third kappa shape index (κ3) is 3.39. The standard InChI is InChI=1S/C12H17N3O4/c1-19-5-4-15-11(17)3-2-10(14-15)12(18)13-8-6-9(16)7-8/h2-3,8-9,16H,4-7H2,1H3,(H,13,18). The van der Waals surface area contributed by atoms with Crippen molar-refractivity contribution >= 4 is 5.91 Å². The van der Waals surface area contributed by atoms with Gasteiger partial charge in [-0.15, -0.1) is 0 Å². The number of hydrogen-bond donors (Lipinski definition) is 2. The second-order valence-electron chi connectivity index (χ2n) is 4.57. The molecule has 2 rings (SSSR count). The van der Waals surface area contributed by atoms with E-state index in [-0.39, 0.29) is 29.3 Å². The van der Waals surface area contributed by atoms with Gasteiger partial charge in [0, 0.05) is 19.2 Å². The van der Waals surface area contributed by atoms with Gasteiger partial charge in [-0.3, -0.25) is 9.59 Å². The van der Waals surface area contributed by atoms with E-state index in [0.29, 0.717) is 26.0 Å². The van der Waals surface area contributed by atoms with Gasteiger partial charge in [-0.1, -0.05) is 0 Å². The number of nitrogens with zero attached hydrogens (tertiary/aromatic N) is 2. The molecule has 0 bridgehead atoms. The van der Waals surface area contributed by atoms with Crippen LogP contribution in [0.4, 0.5) is 0 Å². The van der Waals surface area contributed by atoms with Crippen molar-refractivity contribution in [2.24, 2.45) is 0 Å². The van der Waals surface area contributed by atoms with E-state index in [4.69, 9.17) is 9.84 Å². The quantitative estimate of drug-likeness (QED) is 0.724. The highest BCUT2D eigenvalue weighted by molar-refractivity contribution is 5.92. The summed E-state index contributed by atoms with van der Waals surface area (Å²) < 4.78 is 6.08. The van der Waals surface area contributed by atoms with Gasteiger partial charge in [-0.25, -0.2) is 4.68 Å². The van der Waals surface area contributed by atoms with E-state index in [1.165, 1.54) is 23.9 Å². The molecule has 0 radical (unpaired) electrons. The van der Waals surface area contributed by atoms with Gasteiger partial charge in [0.25, 0.3) is 11.5 Å². The molecule has 0 spiro atoms. The fourth-order valence-electron chi connectivity index (χ4n) is 1.87. The number of ether oxygens (including phenoxy) is 1. The molecular weight excluding hydrogens is 250 g/mol. The normalized spacial score (nSPS) is 21.8. The maximum atomic E-state index is 11.9. The van der Waals surface area contributed by atoms with E-state index < -0.39 is 0 Å². The monoisotopic (exact) mass is 267 g/mol. The summed E-state index contributed by atoms with van der Waals surface area (Å²) in [6, 6.07) is 2.70. The molecule has 0 aromatic carbocycles. The summed E-state index contributed by atoms with van der Waals surface area (Å²) in [5, 5.41) is 15.9. The number of carbonyl (C=O) groups is 1. The smallest absolute Gasteiger partial charge is 0.271 e. The number of carbonyl (C=O) groups excluding carboxylic acids is 1. The number of rotatable bonds is 5. The molecule has 7 heteroatoms. The Kier molecular flexibility index (Phi) is 4.28. The second kappa shape index (κ2) is 5.94. The van der Waals surface area contributed by atoms with E-state index in [0.717, 1.165) is 0 Å². The van der Waals surface area contributed by atoms with E-state index in [1.54, 1.807) is 0 Å². The highest BCUT2D eigenvalue weighted by Crippen LogP contribution is 2.19. The molecule has 0 aliphatic heterocycles. The number of aliphatic hydroxyl groups is 1. The summed E-state index contributed by atoms with van der Waals surface area (Å²) in [4.78, 5) is 23.4. The molecule has 0 atom stereocenters. The molecule has 7 nitrogen and oxygen atoms in total. The molecule has 19 heavy (non-hydrogen) atoms. The second-order valence-corrected chi connectivity index (χ2v) is 4.57. The predicted octanol–water partition coefficient (Wildman–Crippen LogP) is -0.857. The Morgan fingerprint density at radius 2 is 2.32 bits per heavy atom. The lowest BCUT2D eigenvalue weighted by molar-refractivity contribution is 0.0559. The summed E-state index contributed by atoms with van der Waals surface area (Å²) in [6.45, 7) is 0.658. The van der Waals surface area contributed by atoms with Crippen LogP contribution < -0.4 is 10.9 Å². The lowest BCUT2D eigenvalue weighted by Crippen LogP contribution is -2.47. The van der Waals surface area contributed by atoms with Crippen molar-refractivity contribution in [3.05, 3.63) is 28.2 Å². The Hall–Kier alpha value is -1.73. The molecule has 1 aliphatic carbocycles. The zero-order valence-electron chi connectivity index (χ0n) is 10.7. The van der Waals surface area contributed by atoms with Crippen molar-refractivity contribution in [2.45, 2.75) is 31.5 Å². The highest BCUT2D eigenvalue weighted by atomic mass is 16.5. The topological polar surface area (TPSA) is 93.5 Å². The van der Waals surface area contributed by atoms with Gasteiger partial charge >= 0.3 is 0 Å². The van der Waals surface area contributed by atoms with Crippen molar-refractivity contribution in [1.82, 2.24) is 15.1 Å². The molecule has 104 valence electrons. The van der Waals surface area contributed by atoms with Crippen LogP contribution in [0.25, 0.3) is 0 Å². The Morgan fingerprint density at radius 1 is 1.58 bits per heavy atom. The molecule has 1 saturated carbocycles. The maximum Gasteiger partial charge on any atom is 0.271 e. The van der Waals surface area contributed by atoms with E-state index in [1.807, 2.05) is 0 Å². The van der Waals surface area contributed by atoms with Gasteiger partial charge in [0.2, 0.25) is 0 Å². The molecule has 0 unspecified atom stereocenters. The Balaban J connectivity index is 2.02. The third-order valence-electron chi connectivity index (χ3n) is 3.05. The lowest BCUT2D eigenvalue weighted by Gasteiger charge is -2.31. The summed E-state index contributed by atoms with van der Waals surface area (Å²) in [6.07, 6.45) is 0.804. The number of hydrogen-bond acceptors (Lipinski definition) is 5. The molecule has 1 fully saturated rings. The first kappa shape index (κ1) is 13.7. The van der Waals surface area contributed by atoms with Crippen LogP contribution in [0.5, 0.6) is 0 Å². The van der Waals surface area contributed by atoms with Crippen LogP contribution in [0.15, 0.2) is 16.9 Å². The van der Waals surface area contributed by atoms with E-state index in [9.17, 15) is 9.59 Å². The van der Waals surface area contributed by atoms with Crippen LogP contribution in [-0.4, -0.2) is 46.7 Å². The SMILES string of the molecule is COCCn1nc(C(=O)NC2CC(O)C2)ccc1=O. The van der Waals surface area contributed by atoms with E-state index >= 15 is 0 Å². The number of aliphatic hydroxyl groups excluding tert-OH is 1. The van der Waals surface area contributed by atoms with Crippen LogP contribution in [0, 0.1) is 0 Å². The zero-order valence-corrected chi connectivity index (χ0v) is 10.7. The zero-order chi connectivity index (χ0) is 13.8. The van der Waals surface area contributed by atoms with Crippen LogP contribution in [0.3, 0.4) is 0 Å². The first-order valence-electron chi connectivity index (χ1n) is 6.16. The average molecular weight is 267 g/mol. The van der Waals surface area contributed by atoms with Gasteiger partial charge in [0.05, 0.1) is 19.3 Å². The van der Waals surface area contributed by atoms with Crippen LogP contribution in [-0.2, 0) is 11.3 Å². The van der Waals surface area contributed by atoms with Gasteiger partial charge in [-0.2, -0.15) is 5.10 Å². The Bertz CT molecular complexity index is 508. The van der Waals surface area contributed by atoms with Crippen LogP contribution in [0.1, 0.15) is 23.3 Å². The largest absolute Gasteiger partial charge is 0.393 e. The molecule has 0 saturated heterocycles. The minimum atomic E-state index is -0.330.